The van der Waals surface area contributed by atoms with Gasteiger partial charge < -0.3 is 26.4 Å². The van der Waals surface area contributed by atoms with Crippen molar-refractivity contribution in [3.63, 3.8) is 0 Å². The highest BCUT2D eigenvalue weighted by Gasteiger charge is 2.39. The van der Waals surface area contributed by atoms with E-state index in [-0.39, 0.29) is 30.5 Å². The zero-order chi connectivity index (χ0) is 19.8. The number of amides is 2. The molecule has 2 aliphatic rings. The summed E-state index contributed by atoms with van der Waals surface area (Å²) in [6.07, 6.45) is -0.414. The fourth-order valence-electron chi connectivity index (χ4n) is 3.81. The number of hydrogen-bond donors (Lipinski definition) is 4. The van der Waals surface area contributed by atoms with Gasteiger partial charge in [-0.05, 0) is 24.6 Å². The Kier molecular flexibility index (Phi) is 4.64. The van der Waals surface area contributed by atoms with E-state index in [1.165, 1.54) is 6.07 Å². The second kappa shape index (κ2) is 7.12. The standard InChI is InChI=1S/C20H21FN4O3/c21-18-11(3-1-5-14(18)22)9-23-15-6-2-4-12-13(15)10-25(20(12)28)16-7-8-17(26)24-19(16)27/h1-6,16,19,23,27H,7-10,22H2,(H,24,26). The number of aliphatic hydroxyl groups is 1. The zero-order valence-electron chi connectivity index (χ0n) is 15.1. The van der Waals surface area contributed by atoms with Crippen LogP contribution in [0.3, 0.4) is 0 Å². The highest BCUT2D eigenvalue weighted by atomic mass is 19.1. The highest BCUT2D eigenvalue weighted by Crippen LogP contribution is 2.33. The van der Waals surface area contributed by atoms with Gasteiger partial charge in [0.25, 0.3) is 5.91 Å². The van der Waals surface area contributed by atoms with Crippen LogP contribution in [0.4, 0.5) is 15.8 Å². The molecule has 28 heavy (non-hydrogen) atoms. The molecule has 1 fully saturated rings. The van der Waals surface area contributed by atoms with E-state index in [1.54, 1.807) is 29.2 Å². The summed E-state index contributed by atoms with van der Waals surface area (Å²) in [5.74, 6) is -0.866. The molecule has 1 saturated heterocycles. The number of halogens is 1. The predicted octanol–water partition coefficient (Wildman–Crippen LogP) is 1.57. The van der Waals surface area contributed by atoms with E-state index in [1.807, 2.05) is 6.07 Å². The monoisotopic (exact) mass is 384 g/mol. The summed E-state index contributed by atoms with van der Waals surface area (Å²) in [6, 6.07) is 9.70. The first kappa shape index (κ1) is 18.2. The van der Waals surface area contributed by atoms with Gasteiger partial charge in [-0.15, -0.1) is 0 Å². The van der Waals surface area contributed by atoms with Crippen molar-refractivity contribution in [2.75, 3.05) is 11.1 Å². The van der Waals surface area contributed by atoms with Crippen molar-refractivity contribution >= 4 is 23.2 Å². The number of aliphatic hydroxyl groups excluding tert-OH is 1. The van der Waals surface area contributed by atoms with Crippen LogP contribution in [-0.4, -0.2) is 34.1 Å². The lowest BCUT2D eigenvalue weighted by molar-refractivity contribution is -0.129. The largest absolute Gasteiger partial charge is 0.396 e. The SMILES string of the molecule is Nc1cccc(CNc2cccc3c2CN(C2CCC(=O)NC2O)C3=O)c1F. The Bertz CT molecular complexity index is 949. The van der Waals surface area contributed by atoms with E-state index in [0.29, 0.717) is 24.1 Å². The van der Waals surface area contributed by atoms with Gasteiger partial charge in [0.2, 0.25) is 5.91 Å². The summed E-state index contributed by atoms with van der Waals surface area (Å²) in [5.41, 5.74) is 8.20. The molecular formula is C20H21FN4O3. The molecule has 2 aromatic carbocycles. The smallest absolute Gasteiger partial charge is 0.254 e. The Balaban J connectivity index is 1.54. The lowest BCUT2D eigenvalue weighted by atomic mass is 10.0. The zero-order valence-corrected chi connectivity index (χ0v) is 15.1. The van der Waals surface area contributed by atoms with Crippen LogP contribution in [0.1, 0.15) is 34.3 Å². The Hall–Kier alpha value is -3.13. The van der Waals surface area contributed by atoms with E-state index in [0.717, 1.165) is 11.3 Å². The van der Waals surface area contributed by atoms with Crippen molar-refractivity contribution in [1.29, 1.82) is 0 Å². The molecule has 7 nitrogen and oxygen atoms in total. The number of nitrogens with one attached hydrogen (secondary N) is 2. The molecule has 0 spiro atoms. The van der Waals surface area contributed by atoms with Crippen LogP contribution in [0.15, 0.2) is 36.4 Å². The molecule has 4 rings (SSSR count). The number of piperidine rings is 1. The predicted molar refractivity (Wildman–Crippen MR) is 102 cm³/mol. The average molecular weight is 384 g/mol. The first-order chi connectivity index (χ1) is 13.5. The van der Waals surface area contributed by atoms with Gasteiger partial charge in [-0.1, -0.05) is 18.2 Å². The lowest BCUT2D eigenvalue weighted by Gasteiger charge is -2.35. The Morgan fingerprint density at radius 2 is 2.04 bits per heavy atom. The third kappa shape index (κ3) is 3.16. The van der Waals surface area contributed by atoms with Crippen molar-refractivity contribution in [3.05, 3.63) is 58.9 Å². The molecule has 5 N–H and O–H groups in total. The Labute approximate surface area is 161 Å². The lowest BCUT2D eigenvalue weighted by Crippen LogP contribution is -2.55. The molecule has 8 heteroatoms. The minimum absolute atomic E-state index is 0.0901. The third-order valence-electron chi connectivity index (χ3n) is 5.31. The summed E-state index contributed by atoms with van der Waals surface area (Å²) in [4.78, 5) is 25.9. The second-order valence-electron chi connectivity index (χ2n) is 7.06. The molecule has 0 aliphatic carbocycles. The van der Waals surface area contributed by atoms with Crippen LogP contribution in [0.25, 0.3) is 0 Å². The van der Waals surface area contributed by atoms with Gasteiger partial charge in [0.15, 0.2) is 5.82 Å². The fraction of sp³-hybridized carbons (Fsp3) is 0.300. The van der Waals surface area contributed by atoms with E-state index < -0.39 is 18.1 Å². The molecule has 146 valence electrons. The summed E-state index contributed by atoms with van der Waals surface area (Å²) < 4.78 is 14.1. The van der Waals surface area contributed by atoms with Gasteiger partial charge >= 0.3 is 0 Å². The number of hydrogen-bond acceptors (Lipinski definition) is 5. The van der Waals surface area contributed by atoms with Crippen LogP contribution in [0, 0.1) is 5.82 Å². The minimum atomic E-state index is -1.09. The Morgan fingerprint density at radius 1 is 1.25 bits per heavy atom. The average Bonchev–Trinajstić information content (AvgIpc) is 3.00. The van der Waals surface area contributed by atoms with Crippen LogP contribution < -0.4 is 16.4 Å². The van der Waals surface area contributed by atoms with E-state index >= 15 is 0 Å². The number of nitrogen functional groups attached to an aromatic ring is 1. The molecule has 2 atom stereocenters. The highest BCUT2D eigenvalue weighted by molar-refractivity contribution is 6.00. The maximum Gasteiger partial charge on any atom is 0.254 e. The summed E-state index contributed by atoms with van der Waals surface area (Å²) in [7, 11) is 0. The van der Waals surface area contributed by atoms with Gasteiger partial charge in [0, 0.05) is 41.9 Å². The number of carbonyl (C=O) groups is 2. The van der Waals surface area contributed by atoms with Gasteiger partial charge in [0.05, 0.1) is 11.7 Å². The topological polar surface area (TPSA) is 108 Å². The molecule has 2 aliphatic heterocycles. The van der Waals surface area contributed by atoms with Crippen molar-refractivity contribution in [2.45, 2.75) is 38.2 Å². The number of rotatable bonds is 4. The number of carbonyl (C=O) groups excluding carboxylic acids is 2. The molecule has 2 heterocycles. The van der Waals surface area contributed by atoms with Crippen molar-refractivity contribution in [3.8, 4) is 0 Å². The van der Waals surface area contributed by atoms with Gasteiger partial charge in [0.1, 0.15) is 6.23 Å². The second-order valence-corrected chi connectivity index (χ2v) is 7.06. The number of anilines is 2. The summed E-state index contributed by atoms with van der Waals surface area (Å²) >= 11 is 0. The van der Waals surface area contributed by atoms with E-state index in [4.69, 9.17) is 5.73 Å². The maximum absolute atomic E-state index is 14.1. The number of benzene rings is 2. The van der Waals surface area contributed by atoms with Crippen molar-refractivity contribution in [2.24, 2.45) is 0 Å². The summed E-state index contributed by atoms with van der Waals surface area (Å²) in [6.45, 7) is 0.540. The Morgan fingerprint density at radius 3 is 2.82 bits per heavy atom. The van der Waals surface area contributed by atoms with Gasteiger partial charge in [-0.3, -0.25) is 9.59 Å². The van der Waals surface area contributed by atoms with Crippen LogP contribution in [0.2, 0.25) is 0 Å². The van der Waals surface area contributed by atoms with Crippen LogP contribution in [0.5, 0.6) is 0 Å². The molecule has 0 aromatic heterocycles. The number of nitrogens with two attached hydrogens (primary N) is 1. The minimum Gasteiger partial charge on any atom is -0.396 e. The normalized spacial score (nSPS) is 21.4. The molecule has 0 bridgehead atoms. The maximum atomic E-state index is 14.1. The quantitative estimate of drug-likeness (QED) is 0.599. The van der Waals surface area contributed by atoms with Crippen LogP contribution >= 0.6 is 0 Å². The van der Waals surface area contributed by atoms with E-state index in [9.17, 15) is 19.1 Å². The fourth-order valence-corrected chi connectivity index (χ4v) is 3.81. The molecule has 0 saturated carbocycles. The molecule has 2 amide bonds. The first-order valence-electron chi connectivity index (χ1n) is 9.12. The van der Waals surface area contributed by atoms with Crippen molar-refractivity contribution in [1.82, 2.24) is 10.2 Å². The first-order valence-corrected chi connectivity index (χ1v) is 9.12. The summed E-state index contributed by atoms with van der Waals surface area (Å²) in [5, 5.41) is 15.8. The third-order valence-corrected chi connectivity index (χ3v) is 5.31. The molecule has 2 unspecified atom stereocenters. The van der Waals surface area contributed by atoms with Crippen LogP contribution in [-0.2, 0) is 17.9 Å². The molecule has 2 aromatic rings. The molecule has 0 radical (unpaired) electrons. The van der Waals surface area contributed by atoms with Gasteiger partial charge in [-0.2, -0.15) is 0 Å². The van der Waals surface area contributed by atoms with Gasteiger partial charge in [-0.25, -0.2) is 4.39 Å². The van der Waals surface area contributed by atoms with E-state index in [2.05, 4.69) is 10.6 Å². The molecular weight excluding hydrogens is 363 g/mol. The van der Waals surface area contributed by atoms with Crippen molar-refractivity contribution < 1.29 is 19.1 Å². The number of nitrogens with zero attached hydrogens (tertiary/aromatic N) is 1. The number of fused-ring (bicyclic) bond motifs is 1.